The predicted octanol–water partition coefficient (Wildman–Crippen LogP) is 2.90. The van der Waals surface area contributed by atoms with E-state index in [9.17, 15) is 14.4 Å². The topological polar surface area (TPSA) is 106 Å². The van der Waals surface area contributed by atoms with Gasteiger partial charge in [0.05, 0.1) is 6.61 Å². The van der Waals surface area contributed by atoms with E-state index in [-0.39, 0.29) is 18.7 Å². The number of carbonyl (C=O) groups excluding carboxylic acids is 3. The highest BCUT2D eigenvalue weighted by Crippen LogP contribution is 2.14. The van der Waals surface area contributed by atoms with E-state index >= 15 is 0 Å². The first-order valence-electron chi connectivity index (χ1n) is 10.2. The minimum Gasteiger partial charge on any atom is -0.491 e. The summed E-state index contributed by atoms with van der Waals surface area (Å²) in [5.74, 6) is -0.576. The second-order valence-corrected chi connectivity index (χ2v) is 6.92. The Bertz CT molecular complexity index is 897. The van der Waals surface area contributed by atoms with Crippen LogP contribution in [0.4, 0.5) is 5.69 Å². The van der Waals surface area contributed by atoms with E-state index in [1.54, 1.807) is 24.3 Å². The summed E-state index contributed by atoms with van der Waals surface area (Å²) < 4.78 is 10.7. The predicted molar refractivity (Wildman–Crippen MR) is 118 cm³/mol. The summed E-state index contributed by atoms with van der Waals surface area (Å²) in [6, 6.07) is 12.1. The summed E-state index contributed by atoms with van der Waals surface area (Å²) in [6.45, 7) is 7.41. The Hall–Kier alpha value is -3.39. The number of hydrogen-bond acceptors (Lipinski definition) is 5. The van der Waals surface area contributed by atoms with E-state index in [4.69, 9.17) is 9.47 Å². The first-order valence-corrected chi connectivity index (χ1v) is 10.2. The molecule has 8 heteroatoms. The van der Waals surface area contributed by atoms with Crippen molar-refractivity contribution in [1.82, 2.24) is 10.9 Å². The van der Waals surface area contributed by atoms with Gasteiger partial charge in [-0.3, -0.25) is 25.2 Å². The summed E-state index contributed by atoms with van der Waals surface area (Å²) in [6.07, 6.45) is -0.0496. The van der Waals surface area contributed by atoms with Crippen molar-refractivity contribution in [3.8, 4) is 5.75 Å². The Morgan fingerprint density at radius 3 is 2.23 bits per heavy atom. The molecule has 31 heavy (non-hydrogen) atoms. The highest BCUT2D eigenvalue weighted by Gasteiger charge is 2.10. The molecule has 3 amide bonds. The second-order valence-electron chi connectivity index (χ2n) is 6.92. The highest BCUT2D eigenvalue weighted by atomic mass is 16.5. The Labute approximate surface area is 182 Å². The molecule has 2 rings (SSSR count). The monoisotopic (exact) mass is 427 g/mol. The van der Waals surface area contributed by atoms with E-state index < -0.39 is 11.8 Å². The molecule has 2 aromatic rings. The van der Waals surface area contributed by atoms with Crippen molar-refractivity contribution in [2.24, 2.45) is 0 Å². The van der Waals surface area contributed by atoms with E-state index in [0.717, 1.165) is 11.1 Å². The zero-order chi connectivity index (χ0) is 22.6. The molecular formula is C23H29N3O5. The maximum atomic E-state index is 12.1. The molecule has 2 aromatic carbocycles. The summed E-state index contributed by atoms with van der Waals surface area (Å²) >= 11 is 0. The van der Waals surface area contributed by atoms with E-state index in [0.29, 0.717) is 36.8 Å². The van der Waals surface area contributed by atoms with Crippen LogP contribution >= 0.6 is 0 Å². The van der Waals surface area contributed by atoms with Crippen molar-refractivity contribution in [3.63, 3.8) is 0 Å². The molecule has 3 N–H and O–H groups in total. The fraction of sp³-hybridized carbons (Fsp3) is 0.348. The molecule has 0 atom stereocenters. The van der Waals surface area contributed by atoms with Crippen LogP contribution in [0.2, 0.25) is 0 Å². The normalized spacial score (nSPS) is 10.3. The number of carbonyl (C=O) groups is 3. The number of hydrogen-bond donors (Lipinski definition) is 3. The maximum Gasteiger partial charge on any atom is 0.269 e. The van der Waals surface area contributed by atoms with Gasteiger partial charge in [-0.15, -0.1) is 0 Å². The number of aryl methyl sites for hydroxylation is 2. The first kappa shape index (κ1) is 23.9. The van der Waals surface area contributed by atoms with Crippen LogP contribution < -0.4 is 20.9 Å². The van der Waals surface area contributed by atoms with Crippen molar-refractivity contribution in [1.29, 1.82) is 0 Å². The van der Waals surface area contributed by atoms with Gasteiger partial charge in [-0.05, 0) is 68.3 Å². The molecule has 0 fully saturated rings. The summed E-state index contributed by atoms with van der Waals surface area (Å²) in [7, 11) is 0. The molecule has 0 spiro atoms. The summed E-state index contributed by atoms with van der Waals surface area (Å²) in [5.41, 5.74) is 7.91. The van der Waals surface area contributed by atoms with Crippen molar-refractivity contribution >= 4 is 23.4 Å². The van der Waals surface area contributed by atoms with Crippen LogP contribution in [0.5, 0.6) is 5.75 Å². The van der Waals surface area contributed by atoms with Gasteiger partial charge < -0.3 is 14.8 Å². The fourth-order valence-electron chi connectivity index (χ4n) is 2.60. The Morgan fingerprint density at radius 1 is 0.839 bits per heavy atom. The summed E-state index contributed by atoms with van der Waals surface area (Å²) in [5, 5.41) is 2.76. The third-order valence-electron chi connectivity index (χ3n) is 4.50. The van der Waals surface area contributed by atoms with Crippen LogP contribution in [0.1, 0.15) is 41.3 Å². The zero-order valence-electron chi connectivity index (χ0n) is 18.1. The van der Waals surface area contributed by atoms with Crippen molar-refractivity contribution in [2.75, 3.05) is 25.1 Å². The zero-order valence-corrected chi connectivity index (χ0v) is 18.1. The standard InChI is InChI=1S/C23H29N3O5/c1-4-30-13-14-31-20-9-6-18(7-10-20)23(29)26-25-22(28)12-11-21(27)24-19-8-5-16(2)17(3)15-19/h5-10,15H,4,11-14H2,1-3H3,(H,24,27)(H,25,28)(H,26,29). The van der Waals surface area contributed by atoms with Gasteiger partial charge in [0.15, 0.2) is 0 Å². The van der Waals surface area contributed by atoms with Gasteiger partial charge in [0.25, 0.3) is 5.91 Å². The molecule has 0 saturated heterocycles. The summed E-state index contributed by atoms with van der Waals surface area (Å²) in [4.78, 5) is 36.1. The van der Waals surface area contributed by atoms with Gasteiger partial charge in [-0.25, -0.2) is 0 Å². The largest absolute Gasteiger partial charge is 0.491 e. The number of anilines is 1. The van der Waals surface area contributed by atoms with Crippen molar-refractivity contribution in [2.45, 2.75) is 33.6 Å². The van der Waals surface area contributed by atoms with Crippen LogP contribution in [0.3, 0.4) is 0 Å². The first-order chi connectivity index (χ1) is 14.9. The van der Waals surface area contributed by atoms with E-state index in [1.165, 1.54) is 0 Å². The second kappa shape index (κ2) is 12.3. The Morgan fingerprint density at radius 2 is 1.55 bits per heavy atom. The van der Waals surface area contributed by atoms with E-state index in [1.807, 2.05) is 39.0 Å². The molecule has 166 valence electrons. The molecule has 0 radical (unpaired) electrons. The minimum atomic E-state index is -0.464. The SMILES string of the molecule is CCOCCOc1ccc(C(=O)NNC(=O)CCC(=O)Nc2ccc(C)c(C)c2)cc1. The molecule has 0 saturated carbocycles. The Kier molecular flexibility index (Phi) is 9.51. The lowest BCUT2D eigenvalue weighted by Gasteiger charge is -2.10. The molecule has 0 unspecified atom stereocenters. The van der Waals surface area contributed by atoms with Crippen LogP contribution in [0.15, 0.2) is 42.5 Å². The van der Waals surface area contributed by atoms with Crippen LogP contribution in [0, 0.1) is 13.8 Å². The highest BCUT2D eigenvalue weighted by molar-refractivity contribution is 5.96. The lowest BCUT2D eigenvalue weighted by molar-refractivity contribution is -0.124. The van der Waals surface area contributed by atoms with Gasteiger partial charge in [0.2, 0.25) is 11.8 Å². The number of amides is 3. The van der Waals surface area contributed by atoms with Gasteiger partial charge in [-0.2, -0.15) is 0 Å². The molecule has 0 aromatic heterocycles. The molecule has 0 aliphatic rings. The van der Waals surface area contributed by atoms with Crippen molar-refractivity contribution < 1.29 is 23.9 Å². The molecule has 0 bridgehead atoms. The quantitative estimate of drug-likeness (QED) is 0.399. The van der Waals surface area contributed by atoms with Crippen LogP contribution in [-0.2, 0) is 14.3 Å². The van der Waals surface area contributed by atoms with Gasteiger partial charge in [-0.1, -0.05) is 6.07 Å². The van der Waals surface area contributed by atoms with E-state index in [2.05, 4.69) is 16.2 Å². The third-order valence-corrected chi connectivity index (χ3v) is 4.50. The molecular weight excluding hydrogens is 398 g/mol. The smallest absolute Gasteiger partial charge is 0.269 e. The number of nitrogens with one attached hydrogen (secondary N) is 3. The minimum absolute atomic E-state index is 0.00239. The maximum absolute atomic E-state index is 12.1. The van der Waals surface area contributed by atoms with Gasteiger partial charge in [0.1, 0.15) is 12.4 Å². The number of rotatable bonds is 10. The number of ether oxygens (including phenoxy) is 2. The number of benzene rings is 2. The van der Waals surface area contributed by atoms with Gasteiger partial charge >= 0.3 is 0 Å². The lowest BCUT2D eigenvalue weighted by Crippen LogP contribution is -2.41. The third kappa shape index (κ3) is 8.47. The lowest BCUT2D eigenvalue weighted by atomic mass is 10.1. The molecule has 8 nitrogen and oxygen atoms in total. The van der Waals surface area contributed by atoms with Gasteiger partial charge in [0, 0.05) is 30.7 Å². The van der Waals surface area contributed by atoms with Crippen LogP contribution in [-0.4, -0.2) is 37.5 Å². The fourth-order valence-corrected chi connectivity index (χ4v) is 2.60. The van der Waals surface area contributed by atoms with Crippen LogP contribution in [0.25, 0.3) is 0 Å². The molecule has 0 aliphatic heterocycles. The molecule has 0 heterocycles. The number of hydrazine groups is 1. The average molecular weight is 428 g/mol. The Balaban J connectivity index is 1.69. The molecule has 0 aliphatic carbocycles. The average Bonchev–Trinajstić information content (AvgIpc) is 2.76. The van der Waals surface area contributed by atoms with Crippen molar-refractivity contribution in [3.05, 3.63) is 59.2 Å².